The van der Waals surface area contributed by atoms with Crippen LogP contribution in [0.15, 0.2) is 47.1 Å². The zero-order valence-electron chi connectivity index (χ0n) is 12.3. The van der Waals surface area contributed by atoms with Crippen LogP contribution < -0.4 is 10.6 Å². The van der Waals surface area contributed by atoms with Crippen molar-refractivity contribution in [3.8, 4) is 0 Å². The minimum atomic E-state index is -0.117. The Morgan fingerprint density at radius 1 is 1.32 bits per heavy atom. The SMILES string of the molecule is COCCCNC(=O)c1ccnc(Nc2ccccc2Br)c1. The van der Waals surface area contributed by atoms with Crippen molar-refractivity contribution in [3.05, 3.63) is 52.6 Å². The van der Waals surface area contributed by atoms with Gasteiger partial charge in [-0.25, -0.2) is 4.98 Å². The molecule has 0 saturated carbocycles. The Morgan fingerprint density at radius 2 is 2.14 bits per heavy atom. The van der Waals surface area contributed by atoms with Gasteiger partial charge in [0, 0.05) is 36.5 Å². The van der Waals surface area contributed by atoms with Crippen molar-refractivity contribution in [1.29, 1.82) is 0 Å². The number of methoxy groups -OCH3 is 1. The highest BCUT2D eigenvalue weighted by atomic mass is 79.9. The summed E-state index contributed by atoms with van der Waals surface area (Å²) in [6.45, 7) is 1.22. The molecule has 0 aliphatic carbocycles. The molecule has 6 heteroatoms. The molecule has 116 valence electrons. The number of ether oxygens (including phenoxy) is 1. The number of carbonyl (C=O) groups is 1. The van der Waals surface area contributed by atoms with Crippen molar-refractivity contribution in [2.45, 2.75) is 6.42 Å². The van der Waals surface area contributed by atoms with Gasteiger partial charge in [0.1, 0.15) is 5.82 Å². The first kappa shape index (κ1) is 16.5. The summed E-state index contributed by atoms with van der Waals surface area (Å²) in [7, 11) is 1.64. The Labute approximate surface area is 138 Å². The molecule has 2 aromatic rings. The van der Waals surface area contributed by atoms with Gasteiger partial charge < -0.3 is 15.4 Å². The molecule has 22 heavy (non-hydrogen) atoms. The number of para-hydroxylation sites is 1. The van der Waals surface area contributed by atoms with Crippen LogP contribution in [0.5, 0.6) is 0 Å². The third-order valence-electron chi connectivity index (χ3n) is 2.97. The summed E-state index contributed by atoms with van der Waals surface area (Å²) >= 11 is 3.47. The molecule has 0 saturated heterocycles. The average molecular weight is 364 g/mol. The lowest BCUT2D eigenvalue weighted by Crippen LogP contribution is -2.25. The Hall–Kier alpha value is -1.92. The van der Waals surface area contributed by atoms with Gasteiger partial charge in [-0.1, -0.05) is 12.1 Å². The van der Waals surface area contributed by atoms with Crippen LogP contribution >= 0.6 is 15.9 Å². The maximum atomic E-state index is 12.1. The monoisotopic (exact) mass is 363 g/mol. The van der Waals surface area contributed by atoms with Crippen molar-refractivity contribution < 1.29 is 9.53 Å². The van der Waals surface area contributed by atoms with Gasteiger partial charge in [-0.15, -0.1) is 0 Å². The number of rotatable bonds is 7. The molecule has 0 radical (unpaired) electrons. The van der Waals surface area contributed by atoms with Gasteiger partial charge in [-0.3, -0.25) is 4.79 Å². The van der Waals surface area contributed by atoms with Crippen molar-refractivity contribution in [3.63, 3.8) is 0 Å². The lowest BCUT2D eigenvalue weighted by atomic mass is 10.2. The summed E-state index contributed by atoms with van der Waals surface area (Å²) in [4.78, 5) is 16.3. The third kappa shape index (κ3) is 4.82. The summed E-state index contributed by atoms with van der Waals surface area (Å²) in [5, 5.41) is 6.04. The fourth-order valence-corrected chi connectivity index (χ4v) is 2.25. The number of amides is 1. The van der Waals surface area contributed by atoms with Gasteiger partial charge >= 0.3 is 0 Å². The van der Waals surface area contributed by atoms with Crippen LogP contribution in [0.4, 0.5) is 11.5 Å². The number of anilines is 2. The largest absolute Gasteiger partial charge is 0.385 e. The molecule has 0 fully saturated rings. The molecule has 0 spiro atoms. The lowest BCUT2D eigenvalue weighted by molar-refractivity contribution is 0.0948. The lowest BCUT2D eigenvalue weighted by Gasteiger charge is -2.09. The van der Waals surface area contributed by atoms with Crippen LogP contribution in [-0.2, 0) is 4.74 Å². The van der Waals surface area contributed by atoms with Crippen LogP contribution in [0, 0.1) is 0 Å². The first-order chi connectivity index (χ1) is 10.7. The van der Waals surface area contributed by atoms with Crippen molar-refractivity contribution in [2.75, 3.05) is 25.6 Å². The van der Waals surface area contributed by atoms with Crippen molar-refractivity contribution in [2.24, 2.45) is 0 Å². The number of nitrogens with one attached hydrogen (secondary N) is 2. The number of benzene rings is 1. The number of pyridine rings is 1. The molecular formula is C16H18BrN3O2. The molecule has 1 amide bonds. The van der Waals surface area contributed by atoms with E-state index in [4.69, 9.17) is 4.74 Å². The van der Waals surface area contributed by atoms with E-state index in [-0.39, 0.29) is 5.91 Å². The Morgan fingerprint density at radius 3 is 2.91 bits per heavy atom. The fraction of sp³-hybridized carbons (Fsp3) is 0.250. The second-order valence-corrected chi connectivity index (χ2v) is 5.49. The predicted octanol–water partition coefficient (Wildman–Crippen LogP) is 3.35. The minimum Gasteiger partial charge on any atom is -0.385 e. The van der Waals surface area contributed by atoms with Crippen LogP contribution in [0.25, 0.3) is 0 Å². The molecule has 2 rings (SSSR count). The molecule has 0 bridgehead atoms. The highest BCUT2D eigenvalue weighted by molar-refractivity contribution is 9.10. The second-order valence-electron chi connectivity index (χ2n) is 4.64. The van der Waals surface area contributed by atoms with Gasteiger partial charge in [-0.05, 0) is 46.6 Å². The highest BCUT2D eigenvalue weighted by Gasteiger charge is 2.07. The smallest absolute Gasteiger partial charge is 0.251 e. The quantitative estimate of drug-likeness (QED) is 0.740. The number of hydrogen-bond acceptors (Lipinski definition) is 4. The average Bonchev–Trinajstić information content (AvgIpc) is 2.54. The van der Waals surface area contributed by atoms with E-state index >= 15 is 0 Å². The summed E-state index contributed by atoms with van der Waals surface area (Å²) in [6, 6.07) is 11.2. The Bertz CT molecular complexity index is 634. The van der Waals surface area contributed by atoms with E-state index in [2.05, 4.69) is 31.5 Å². The molecule has 0 atom stereocenters. The zero-order valence-corrected chi connectivity index (χ0v) is 13.9. The van der Waals surface area contributed by atoms with Crippen molar-refractivity contribution in [1.82, 2.24) is 10.3 Å². The maximum absolute atomic E-state index is 12.1. The predicted molar refractivity (Wildman–Crippen MR) is 90.5 cm³/mol. The van der Waals surface area contributed by atoms with Crippen LogP contribution in [0.2, 0.25) is 0 Å². The van der Waals surface area contributed by atoms with E-state index in [1.54, 1.807) is 25.4 Å². The molecule has 2 N–H and O–H groups in total. The minimum absolute atomic E-state index is 0.117. The van der Waals surface area contributed by atoms with Gasteiger partial charge in [0.25, 0.3) is 5.91 Å². The number of hydrogen-bond donors (Lipinski definition) is 2. The van der Waals surface area contributed by atoms with E-state index in [0.29, 0.717) is 24.5 Å². The highest BCUT2D eigenvalue weighted by Crippen LogP contribution is 2.24. The van der Waals surface area contributed by atoms with Crippen LogP contribution in [0.1, 0.15) is 16.8 Å². The standard InChI is InChI=1S/C16H18BrN3O2/c1-22-10-4-8-19-16(21)12-7-9-18-15(11-12)20-14-6-3-2-5-13(14)17/h2-3,5-7,9,11H,4,8,10H2,1H3,(H,18,20)(H,19,21). The number of aromatic nitrogens is 1. The van der Waals surface area contributed by atoms with E-state index in [9.17, 15) is 4.79 Å². The van der Waals surface area contributed by atoms with Gasteiger partial charge in [-0.2, -0.15) is 0 Å². The molecule has 1 heterocycles. The van der Waals surface area contributed by atoms with Gasteiger partial charge in [0.15, 0.2) is 0 Å². The number of nitrogens with zero attached hydrogens (tertiary/aromatic N) is 1. The van der Waals surface area contributed by atoms with E-state index in [0.717, 1.165) is 16.6 Å². The molecule has 0 aliphatic heterocycles. The first-order valence-electron chi connectivity index (χ1n) is 6.95. The molecule has 0 aliphatic rings. The van der Waals surface area contributed by atoms with Crippen molar-refractivity contribution >= 4 is 33.3 Å². The molecular weight excluding hydrogens is 346 g/mol. The van der Waals surface area contributed by atoms with Gasteiger partial charge in [0.2, 0.25) is 0 Å². The third-order valence-corrected chi connectivity index (χ3v) is 3.66. The first-order valence-corrected chi connectivity index (χ1v) is 7.75. The summed E-state index contributed by atoms with van der Waals surface area (Å²) in [5.41, 5.74) is 1.47. The second kappa shape index (κ2) is 8.51. The number of carbonyl (C=O) groups excluding carboxylic acids is 1. The summed E-state index contributed by atoms with van der Waals surface area (Å²) < 4.78 is 5.89. The molecule has 5 nitrogen and oxygen atoms in total. The maximum Gasteiger partial charge on any atom is 0.251 e. The van der Waals surface area contributed by atoms with E-state index in [1.807, 2.05) is 24.3 Å². The van der Waals surface area contributed by atoms with Gasteiger partial charge in [0.05, 0.1) is 5.69 Å². The van der Waals surface area contributed by atoms with Crippen LogP contribution in [-0.4, -0.2) is 31.2 Å². The molecule has 1 aromatic carbocycles. The van der Waals surface area contributed by atoms with E-state index in [1.165, 1.54) is 0 Å². The number of halogens is 1. The topological polar surface area (TPSA) is 63.2 Å². The fourth-order valence-electron chi connectivity index (χ4n) is 1.86. The zero-order chi connectivity index (χ0) is 15.8. The van der Waals surface area contributed by atoms with E-state index < -0.39 is 0 Å². The molecule has 1 aromatic heterocycles. The summed E-state index contributed by atoms with van der Waals surface area (Å²) in [5.74, 6) is 0.505. The summed E-state index contributed by atoms with van der Waals surface area (Å²) in [6.07, 6.45) is 2.40. The normalized spacial score (nSPS) is 10.3. The Balaban J connectivity index is 2.00. The van der Waals surface area contributed by atoms with Crippen LogP contribution in [0.3, 0.4) is 0 Å². The molecule has 0 unspecified atom stereocenters. The Kier molecular flexibility index (Phi) is 6.36.